The van der Waals surface area contributed by atoms with Crippen LogP contribution >= 0.6 is 0 Å². The van der Waals surface area contributed by atoms with Crippen LogP contribution in [0.5, 0.6) is 5.75 Å². The fourth-order valence-corrected chi connectivity index (χ4v) is 1.25. The van der Waals surface area contributed by atoms with Crippen LogP contribution in [0.15, 0.2) is 6.07 Å². The number of methoxy groups -OCH3 is 1. The minimum atomic E-state index is -0.124. The number of nitriles is 4. The predicted molar refractivity (Wildman–Crippen MR) is 51.9 cm³/mol. The Morgan fingerprint density at radius 2 is 1.44 bits per heavy atom. The van der Waals surface area contributed by atoms with Crippen LogP contribution in [0.25, 0.3) is 0 Å². The Morgan fingerprint density at radius 3 is 1.81 bits per heavy atom. The van der Waals surface area contributed by atoms with Gasteiger partial charge >= 0.3 is 0 Å². The van der Waals surface area contributed by atoms with Crippen molar-refractivity contribution in [3.05, 3.63) is 28.3 Å². The van der Waals surface area contributed by atoms with Crippen molar-refractivity contribution in [3.63, 3.8) is 0 Å². The minimum Gasteiger partial charge on any atom is -0.495 e. The SMILES string of the molecule is COc1cc(C#N)c(C#N)c(C#N)c1C#N. The summed E-state index contributed by atoms with van der Waals surface area (Å²) in [6.07, 6.45) is 0. The first-order valence-corrected chi connectivity index (χ1v) is 4.08. The summed E-state index contributed by atoms with van der Waals surface area (Å²) in [5.41, 5.74) is -0.223. The van der Waals surface area contributed by atoms with Gasteiger partial charge in [-0.05, 0) is 0 Å². The van der Waals surface area contributed by atoms with E-state index in [4.69, 9.17) is 25.8 Å². The van der Waals surface area contributed by atoms with E-state index in [0.29, 0.717) is 0 Å². The lowest BCUT2D eigenvalue weighted by Crippen LogP contribution is -1.98. The number of benzene rings is 1. The van der Waals surface area contributed by atoms with Crippen LogP contribution in [-0.2, 0) is 0 Å². The lowest BCUT2D eigenvalue weighted by Gasteiger charge is -2.06. The first kappa shape index (κ1) is 11.1. The summed E-state index contributed by atoms with van der Waals surface area (Å²) in [6, 6.07) is 8.32. The van der Waals surface area contributed by atoms with E-state index in [9.17, 15) is 0 Å². The molecule has 0 aromatic heterocycles. The Hall–Kier alpha value is -3.02. The average molecular weight is 208 g/mol. The quantitative estimate of drug-likeness (QED) is 0.689. The molecule has 5 heteroatoms. The molecule has 0 amide bonds. The molecular weight excluding hydrogens is 204 g/mol. The van der Waals surface area contributed by atoms with Crippen LogP contribution in [0.2, 0.25) is 0 Å². The van der Waals surface area contributed by atoms with Gasteiger partial charge in [-0.3, -0.25) is 0 Å². The van der Waals surface area contributed by atoms with Crippen LogP contribution in [-0.4, -0.2) is 7.11 Å². The molecule has 74 valence electrons. The van der Waals surface area contributed by atoms with E-state index in [1.807, 2.05) is 0 Å². The molecule has 0 aliphatic heterocycles. The molecule has 0 radical (unpaired) electrons. The Morgan fingerprint density at radius 1 is 0.875 bits per heavy atom. The zero-order chi connectivity index (χ0) is 12.1. The fourth-order valence-electron chi connectivity index (χ4n) is 1.25. The van der Waals surface area contributed by atoms with E-state index in [0.717, 1.165) is 0 Å². The van der Waals surface area contributed by atoms with Crippen molar-refractivity contribution in [1.82, 2.24) is 0 Å². The second-order valence-corrected chi connectivity index (χ2v) is 2.70. The van der Waals surface area contributed by atoms with Crippen molar-refractivity contribution in [3.8, 4) is 30.0 Å². The lowest BCUT2D eigenvalue weighted by atomic mass is 9.97. The third-order valence-corrected chi connectivity index (χ3v) is 1.97. The van der Waals surface area contributed by atoms with Gasteiger partial charge in [0.1, 0.15) is 35.6 Å². The normalized spacial score (nSPS) is 8.06. The van der Waals surface area contributed by atoms with E-state index in [-0.39, 0.29) is 28.0 Å². The van der Waals surface area contributed by atoms with Gasteiger partial charge in [0.2, 0.25) is 0 Å². The molecule has 0 spiro atoms. The fraction of sp³-hybridized carbons (Fsp3) is 0.0909. The molecule has 0 bridgehead atoms. The van der Waals surface area contributed by atoms with Gasteiger partial charge in [0.05, 0.1) is 23.8 Å². The third-order valence-electron chi connectivity index (χ3n) is 1.97. The van der Waals surface area contributed by atoms with Gasteiger partial charge in [0, 0.05) is 6.07 Å². The van der Waals surface area contributed by atoms with Crippen molar-refractivity contribution >= 4 is 0 Å². The van der Waals surface area contributed by atoms with Crippen molar-refractivity contribution < 1.29 is 4.74 Å². The summed E-state index contributed by atoms with van der Waals surface area (Å²) in [5.74, 6) is 0.120. The van der Waals surface area contributed by atoms with Crippen LogP contribution < -0.4 is 4.74 Å². The van der Waals surface area contributed by atoms with E-state index in [1.54, 1.807) is 24.3 Å². The van der Waals surface area contributed by atoms with Gasteiger partial charge in [0.25, 0.3) is 0 Å². The maximum atomic E-state index is 8.88. The topological polar surface area (TPSA) is 104 Å². The summed E-state index contributed by atoms with van der Waals surface area (Å²) in [4.78, 5) is 0. The van der Waals surface area contributed by atoms with E-state index >= 15 is 0 Å². The Balaban J connectivity index is 3.83. The van der Waals surface area contributed by atoms with Crippen molar-refractivity contribution in [2.45, 2.75) is 0 Å². The second-order valence-electron chi connectivity index (χ2n) is 2.70. The molecule has 0 fully saturated rings. The maximum absolute atomic E-state index is 8.88. The van der Waals surface area contributed by atoms with Gasteiger partial charge in [-0.15, -0.1) is 0 Å². The largest absolute Gasteiger partial charge is 0.495 e. The van der Waals surface area contributed by atoms with Gasteiger partial charge in [-0.1, -0.05) is 0 Å². The number of hydrogen-bond donors (Lipinski definition) is 0. The Labute approximate surface area is 91.9 Å². The van der Waals surface area contributed by atoms with Crippen LogP contribution in [0, 0.1) is 45.3 Å². The monoisotopic (exact) mass is 208 g/mol. The molecule has 0 heterocycles. The van der Waals surface area contributed by atoms with E-state index in [1.165, 1.54) is 13.2 Å². The predicted octanol–water partition coefficient (Wildman–Crippen LogP) is 1.18. The molecule has 16 heavy (non-hydrogen) atoms. The summed E-state index contributed by atoms with van der Waals surface area (Å²) >= 11 is 0. The molecule has 1 aromatic rings. The molecule has 0 aliphatic rings. The molecule has 0 saturated carbocycles. The summed E-state index contributed by atoms with van der Waals surface area (Å²) in [7, 11) is 1.32. The molecule has 0 unspecified atom stereocenters. The van der Waals surface area contributed by atoms with Crippen molar-refractivity contribution in [2.75, 3.05) is 7.11 Å². The molecule has 0 N–H and O–H groups in total. The van der Waals surface area contributed by atoms with Gasteiger partial charge in [0.15, 0.2) is 0 Å². The first-order chi connectivity index (χ1) is 7.73. The highest BCUT2D eigenvalue weighted by atomic mass is 16.5. The number of rotatable bonds is 1. The Bertz CT molecular complexity index is 605. The van der Waals surface area contributed by atoms with Crippen molar-refractivity contribution in [1.29, 1.82) is 21.0 Å². The molecule has 0 saturated heterocycles. The highest BCUT2D eigenvalue weighted by Gasteiger charge is 2.18. The number of nitrogens with zero attached hydrogens (tertiary/aromatic N) is 4. The first-order valence-electron chi connectivity index (χ1n) is 4.08. The highest BCUT2D eigenvalue weighted by molar-refractivity contribution is 5.66. The molecule has 5 nitrogen and oxygen atoms in total. The van der Waals surface area contributed by atoms with Crippen LogP contribution in [0.1, 0.15) is 22.3 Å². The standard InChI is InChI=1S/C11H4N4O/c1-16-11-2-7(3-12)8(4-13)9(5-14)10(11)6-15/h2H,1H3. The summed E-state index contributed by atoms with van der Waals surface area (Å²) in [6.45, 7) is 0. The number of ether oxygens (including phenoxy) is 1. The van der Waals surface area contributed by atoms with Crippen molar-refractivity contribution in [2.24, 2.45) is 0 Å². The highest BCUT2D eigenvalue weighted by Crippen LogP contribution is 2.27. The molecular formula is C11H4N4O. The van der Waals surface area contributed by atoms with Crippen LogP contribution in [0.4, 0.5) is 0 Å². The average Bonchev–Trinajstić information content (AvgIpc) is 2.35. The van der Waals surface area contributed by atoms with Gasteiger partial charge in [-0.2, -0.15) is 21.0 Å². The summed E-state index contributed by atoms with van der Waals surface area (Å²) in [5, 5.41) is 35.4. The second kappa shape index (κ2) is 4.47. The third kappa shape index (κ3) is 1.50. The van der Waals surface area contributed by atoms with Gasteiger partial charge in [-0.25, -0.2) is 0 Å². The molecule has 0 aliphatic carbocycles. The minimum absolute atomic E-state index is 0.0231. The number of hydrogen-bond acceptors (Lipinski definition) is 5. The van der Waals surface area contributed by atoms with Gasteiger partial charge < -0.3 is 4.74 Å². The Kier molecular flexibility index (Phi) is 3.09. The smallest absolute Gasteiger partial charge is 0.139 e. The zero-order valence-electron chi connectivity index (χ0n) is 8.27. The molecule has 0 atom stereocenters. The molecule has 1 rings (SSSR count). The van der Waals surface area contributed by atoms with E-state index < -0.39 is 0 Å². The maximum Gasteiger partial charge on any atom is 0.139 e. The zero-order valence-corrected chi connectivity index (χ0v) is 8.27. The summed E-state index contributed by atoms with van der Waals surface area (Å²) < 4.78 is 4.89. The molecule has 1 aromatic carbocycles. The van der Waals surface area contributed by atoms with E-state index in [2.05, 4.69) is 0 Å². The van der Waals surface area contributed by atoms with Crippen LogP contribution in [0.3, 0.4) is 0 Å². The lowest BCUT2D eigenvalue weighted by molar-refractivity contribution is 0.413.